The summed E-state index contributed by atoms with van der Waals surface area (Å²) in [5, 5.41) is 12.2. The van der Waals surface area contributed by atoms with E-state index in [0.29, 0.717) is 12.4 Å². The van der Waals surface area contributed by atoms with Crippen LogP contribution in [-0.4, -0.2) is 54.3 Å². The average molecular weight is 397 g/mol. The molecule has 3 heterocycles. The number of tetrazole rings is 1. The van der Waals surface area contributed by atoms with Crippen LogP contribution in [0.2, 0.25) is 0 Å². The lowest BCUT2D eigenvalue weighted by molar-refractivity contribution is -0.147. The average Bonchev–Trinajstić information content (AvgIpc) is 3.14. The van der Waals surface area contributed by atoms with Gasteiger partial charge >= 0.3 is 0 Å². The van der Waals surface area contributed by atoms with Crippen molar-refractivity contribution >= 4 is 30.1 Å². The predicted molar refractivity (Wildman–Crippen MR) is 100 cm³/mol. The Bertz CT molecular complexity index is 811. The van der Waals surface area contributed by atoms with Crippen molar-refractivity contribution < 1.29 is 9.53 Å². The first-order valence-electron chi connectivity index (χ1n) is 8.07. The number of ether oxygens (including phenoxy) is 1. The Morgan fingerprint density at radius 1 is 1.31 bits per heavy atom. The second kappa shape index (κ2) is 6.71. The maximum Gasteiger partial charge on any atom is 0.244 e. The van der Waals surface area contributed by atoms with Crippen LogP contribution in [-0.2, 0) is 11.3 Å². The van der Waals surface area contributed by atoms with Crippen molar-refractivity contribution in [3.05, 3.63) is 35.7 Å². The highest BCUT2D eigenvalue weighted by Gasteiger charge is 2.61. The molecule has 1 aromatic heterocycles. The molecule has 0 bridgehead atoms. The minimum atomic E-state index is -0.430. The number of benzene rings is 1. The standard InChI is InChI=1S/C16H20N6O2S.ClH/c1-16(2)12(22-14(23)11(17)15(22)25-16)13-18-19-20-21(13)8-9-4-6-10(24-3)7-5-9;/h4-7,11-12,15H,8,17H2,1-3H3;1H. The smallest absolute Gasteiger partial charge is 0.244 e. The molecule has 0 saturated carbocycles. The Morgan fingerprint density at radius 3 is 2.65 bits per heavy atom. The number of carbonyl (C=O) groups is 1. The fraction of sp³-hybridized carbons (Fsp3) is 0.500. The number of aromatic nitrogens is 4. The molecule has 0 spiro atoms. The van der Waals surface area contributed by atoms with Crippen LogP contribution >= 0.6 is 24.2 Å². The van der Waals surface area contributed by atoms with Gasteiger partial charge in [-0.2, -0.15) is 0 Å². The number of carbonyl (C=O) groups excluding carboxylic acids is 1. The lowest BCUT2D eigenvalue weighted by Crippen LogP contribution is -2.65. The number of rotatable bonds is 4. The van der Waals surface area contributed by atoms with E-state index in [4.69, 9.17) is 10.5 Å². The van der Waals surface area contributed by atoms with Crippen LogP contribution in [0.5, 0.6) is 5.75 Å². The van der Waals surface area contributed by atoms with E-state index in [2.05, 4.69) is 29.4 Å². The van der Waals surface area contributed by atoms with E-state index < -0.39 is 6.04 Å². The minimum absolute atomic E-state index is 0. The summed E-state index contributed by atoms with van der Waals surface area (Å²) in [6.07, 6.45) is 0. The van der Waals surface area contributed by atoms with E-state index in [1.54, 1.807) is 23.6 Å². The van der Waals surface area contributed by atoms with Crippen LogP contribution in [0.1, 0.15) is 31.3 Å². The molecule has 2 saturated heterocycles. The van der Waals surface area contributed by atoms with Crippen molar-refractivity contribution in [1.29, 1.82) is 0 Å². The number of amides is 1. The van der Waals surface area contributed by atoms with Gasteiger partial charge in [-0.3, -0.25) is 4.79 Å². The third kappa shape index (κ3) is 2.83. The number of fused-ring (bicyclic) bond motifs is 1. The fourth-order valence-electron chi connectivity index (χ4n) is 3.48. The lowest BCUT2D eigenvalue weighted by atomic mass is 9.95. The monoisotopic (exact) mass is 396 g/mol. The molecule has 3 unspecified atom stereocenters. The highest BCUT2D eigenvalue weighted by molar-refractivity contribution is 8.01. The lowest BCUT2D eigenvalue weighted by Gasteiger charge is -2.42. The molecular weight excluding hydrogens is 376 g/mol. The number of thioether (sulfide) groups is 1. The van der Waals surface area contributed by atoms with Crippen molar-refractivity contribution in [3.8, 4) is 5.75 Å². The molecule has 2 aliphatic heterocycles. The van der Waals surface area contributed by atoms with Gasteiger partial charge in [-0.05, 0) is 42.0 Å². The molecule has 2 aromatic rings. The summed E-state index contributed by atoms with van der Waals surface area (Å²) in [7, 11) is 1.64. The van der Waals surface area contributed by atoms with Gasteiger partial charge in [-0.25, -0.2) is 4.68 Å². The third-order valence-electron chi connectivity index (χ3n) is 4.78. The van der Waals surface area contributed by atoms with Gasteiger partial charge in [-0.15, -0.1) is 29.3 Å². The summed E-state index contributed by atoms with van der Waals surface area (Å²) in [6.45, 7) is 4.74. The second-order valence-corrected chi connectivity index (χ2v) is 8.60. The summed E-state index contributed by atoms with van der Waals surface area (Å²) >= 11 is 1.71. The SMILES string of the molecule is COc1ccc(Cn2nnnc2C2N3C(=O)C(N)C3SC2(C)C)cc1.Cl. The summed E-state index contributed by atoms with van der Waals surface area (Å²) < 4.78 is 6.74. The van der Waals surface area contributed by atoms with E-state index in [9.17, 15) is 4.79 Å². The van der Waals surface area contributed by atoms with Gasteiger partial charge in [0.15, 0.2) is 5.82 Å². The zero-order valence-electron chi connectivity index (χ0n) is 14.7. The highest BCUT2D eigenvalue weighted by Crippen LogP contribution is 2.56. The molecule has 2 N–H and O–H groups in total. The Morgan fingerprint density at radius 2 is 2.00 bits per heavy atom. The zero-order chi connectivity index (χ0) is 17.8. The normalized spacial score (nSPS) is 26.1. The minimum Gasteiger partial charge on any atom is -0.497 e. The molecule has 10 heteroatoms. The van der Waals surface area contributed by atoms with E-state index in [1.165, 1.54) is 0 Å². The van der Waals surface area contributed by atoms with Crippen LogP contribution < -0.4 is 10.5 Å². The molecule has 1 aromatic carbocycles. The van der Waals surface area contributed by atoms with Gasteiger partial charge in [0, 0.05) is 4.75 Å². The third-order valence-corrected chi connectivity index (χ3v) is 6.37. The molecule has 26 heavy (non-hydrogen) atoms. The molecule has 1 amide bonds. The molecule has 0 aliphatic carbocycles. The van der Waals surface area contributed by atoms with Crippen molar-refractivity contribution in [2.75, 3.05) is 7.11 Å². The summed E-state index contributed by atoms with van der Waals surface area (Å²) in [4.78, 5) is 14.1. The van der Waals surface area contributed by atoms with E-state index in [1.807, 2.05) is 29.2 Å². The van der Waals surface area contributed by atoms with E-state index in [0.717, 1.165) is 11.3 Å². The summed E-state index contributed by atoms with van der Waals surface area (Å²) in [6, 6.07) is 7.15. The van der Waals surface area contributed by atoms with E-state index >= 15 is 0 Å². The van der Waals surface area contributed by atoms with Crippen LogP contribution in [0.3, 0.4) is 0 Å². The fourth-order valence-corrected chi connectivity index (χ4v) is 5.06. The Labute approximate surface area is 161 Å². The van der Waals surface area contributed by atoms with Gasteiger partial charge in [0.2, 0.25) is 5.91 Å². The first kappa shape index (κ1) is 18.9. The van der Waals surface area contributed by atoms with Gasteiger partial charge in [-0.1, -0.05) is 12.1 Å². The van der Waals surface area contributed by atoms with Crippen molar-refractivity contribution in [3.63, 3.8) is 0 Å². The Hall–Kier alpha value is -1.84. The number of hydrogen-bond donors (Lipinski definition) is 1. The molecule has 140 valence electrons. The molecule has 0 radical (unpaired) electrons. The quantitative estimate of drug-likeness (QED) is 0.775. The van der Waals surface area contributed by atoms with Gasteiger partial charge in [0.25, 0.3) is 0 Å². The van der Waals surface area contributed by atoms with Crippen molar-refractivity contribution in [2.45, 2.75) is 42.6 Å². The summed E-state index contributed by atoms with van der Waals surface area (Å²) in [5.74, 6) is 1.46. The first-order chi connectivity index (χ1) is 11.9. The Balaban J connectivity index is 0.00000196. The van der Waals surface area contributed by atoms with Crippen LogP contribution in [0.25, 0.3) is 0 Å². The number of methoxy groups -OCH3 is 1. The van der Waals surface area contributed by atoms with Gasteiger partial charge in [0.05, 0.1) is 13.7 Å². The number of hydrogen-bond acceptors (Lipinski definition) is 7. The molecule has 3 atom stereocenters. The van der Waals surface area contributed by atoms with Crippen LogP contribution in [0.15, 0.2) is 24.3 Å². The molecule has 2 fully saturated rings. The topological polar surface area (TPSA) is 99.2 Å². The first-order valence-corrected chi connectivity index (χ1v) is 8.95. The number of halogens is 1. The number of β-lactam (4-membered cyclic amide) rings is 1. The van der Waals surface area contributed by atoms with Gasteiger partial charge in [0.1, 0.15) is 23.2 Å². The van der Waals surface area contributed by atoms with Gasteiger partial charge < -0.3 is 15.4 Å². The largest absolute Gasteiger partial charge is 0.497 e. The number of nitrogens with two attached hydrogens (primary N) is 1. The second-order valence-electron chi connectivity index (χ2n) is 6.83. The molecule has 2 aliphatic rings. The van der Waals surface area contributed by atoms with Crippen molar-refractivity contribution in [2.24, 2.45) is 5.73 Å². The van der Waals surface area contributed by atoms with Crippen molar-refractivity contribution in [1.82, 2.24) is 25.1 Å². The van der Waals surface area contributed by atoms with Crippen LogP contribution in [0, 0.1) is 0 Å². The zero-order valence-corrected chi connectivity index (χ0v) is 16.3. The van der Waals surface area contributed by atoms with E-state index in [-0.39, 0.29) is 34.5 Å². The predicted octanol–water partition coefficient (Wildman–Crippen LogP) is 1.21. The molecular formula is C16H21ClN6O2S. The Kier molecular flexibility index (Phi) is 4.89. The highest BCUT2D eigenvalue weighted by atomic mass is 35.5. The molecule has 8 nitrogen and oxygen atoms in total. The van der Waals surface area contributed by atoms with Crippen LogP contribution in [0.4, 0.5) is 0 Å². The number of nitrogens with zero attached hydrogens (tertiary/aromatic N) is 5. The maximum absolute atomic E-state index is 12.3. The maximum atomic E-state index is 12.3. The summed E-state index contributed by atoms with van der Waals surface area (Å²) in [5.41, 5.74) is 7.01. The molecule has 4 rings (SSSR count).